The maximum absolute atomic E-state index is 11.5. The molecule has 17 heavy (non-hydrogen) atoms. The molecule has 0 spiro atoms. The van der Waals surface area contributed by atoms with Crippen molar-refractivity contribution in [2.24, 2.45) is 5.10 Å². The van der Waals surface area contributed by atoms with Gasteiger partial charge in [0.15, 0.2) is 5.17 Å². The number of hydrazone groups is 1. The van der Waals surface area contributed by atoms with Crippen molar-refractivity contribution in [3.63, 3.8) is 0 Å². The molecule has 1 aliphatic heterocycles. The van der Waals surface area contributed by atoms with E-state index >= 15 is 0 Å². The first-order valence-electron chi connectivity index (χ1n) is 5.14. The number of nitrogens with zero attached hydrogens (tertiary/aromatic N) is 2. The van der Waals surface area contributed by atoms with Crippen molar-refractivity contribution in [2.75, 3.05) is 6.54 Å². The van der Waals surface area contributed by atoms with Crippen LogP contribution in [0.5, 0.6) is 0 Å². The maximum atomic E-state index is 11.5. The molecule has 1 unspecified atom stereocenters. The maximum Gasteiger partial charge on any atom is 0.225 e. The van der Waals surface area contributed by atoms with Crippen molar-refractivity contribution < 1.29 is 4.79 Å². The van der Waals surface area contributed by atoms with Crippen molar-refractivity contribution >= 4 is 34.2 Å². The minimum atomic E-state index is -0.0234. The van der Waals surface area contributed by atoms with Gasteiger partial charge in [0.1, 0.15) is 5.37 Å². The molecule has 90 valence electrons. The molecule has 0 fully saturated rings. The fraction of sp³-hybridized carbons (Fsp3) is 0.273. The summed E-state index contributed by atoms with van der Waals surface area (Å²) in [5, 5.41) is 7.05. The third-order valence-corrected chi connectivity index (χ3v) is 4.43. The highest BCUT2D eigenvalue weighted by molar-refractivity contribution is 8.14. The number of amidine groups is 1. The first kappa shape index (κ1) is 12.2. The molecule has 1 aliphatic rings. The normalized spacial score (nSPS) is 18.4. The molecule has 1 atom stereocenters. The van der Waals surface area contributed by atoms with Gasteiger partial charge < -0.3 is 0 Å². The van der Waals surface area contributed by atoms with Crippen LogP contribution in [0, 0.1) is 0 Å². The molecule has 0 aliphatic carbocycles. The van der Waals surface area contributed by atoms with Crippen LogP contribution in [0.2, 0.25) is 0 Å². The predicted molar refractivity (Wildman–Crippen MR) is 72.8 cm³/mol. The van der Waals surface area contributed by atoms with Gasteiger partial charge in [-0.15, -0.1) is 17.9 Å². The Balaban J connectivity index is 2.05. The summed E-state index contributed by atoms with van der Waals surface area (Å²) in [6.45, 7) is 5.67. The molecule has 1 aromatic heterocycles. The fourth-order valence-electron chi connectivity index (χ4n) is 1.43. The SMILES string of the molecule is C=CCN(C(C)=O)C1=NNC(c2cccs2)S1. The number of amides is 1. The van der Waals surface area contributed by atoms with Gasteiger partial charge in [-0.25, -0.2) is 0 Å². The molecule has 1 aromatic rings. The van der Waals surface area contributed by atoms with Crippen LogP contribution in [0.4, 0.5) is 0 Å². The van der Waals surface area contributed by atoms with Gasteiger partial charge in [0.2, 0.25) is 5.91 Å². The summed E-state index contributed by atoms with van der Waals surface area (Å²) in [7, 11) is 0. The zero-order chi connectivity index (χ0) is 12.3. The van der Waals surface area contributed by atoms with E-state index in [1.165, 1.54) is 11.8 Å². The number of carbonyl (C=O) groups is 1. The molecule has 2 heterocycles. The molecule has 0 radical (unpaired) electrons. The Bertz CT molecular complexity index is 442. The summed E-state index contributed by atoms with van der Waals surface area (Å²) in [6, 6.07) is 4.06. The number of nitrogens with one attached hydrogen (secondary N) is 1. The first-order valence-corrected chi connectivity index (χ1v) is 6.90. The molecule has 1 N–H and O–H groups in total. The fourth-order valence-corrected chi connectivity index (χ4v) is 3.33. The third-order valence-electron chi connectivity index (χ3n) is 2.22. The summed E-state index contributed by atoms with van der Waals surface area (Å²) in [5.41, 5.74) is 3.04. The lowest BCUT2D eigenvalue weighted by molar-refractivity contribution is -0.124. The molecule has 0 aromatic carbocycles. The molecular formula is C11H13N3OS2. The predicted octanol–water partition coefficient (Wildman–Crippen LogP) is 2.39. The van der Waals surface area contributed by atoms with Crippen molar-refractivity contribution in [2.45, 2.75) is 12.3 Å². The second-order valence-corrected chi connectivity index (χ2v) is 5.51. The Morgan fingerprint density at radius 3 is 3.18 bits per heavy atom. The number of hydrogen-bond acceptors (Lipinski definition) is 5. The molecule has 4 nitrogen and oxygen atoms in total. The Morgan fingerprint density at radius 1 is 1.76 bits per heavy atom. The largest absolute Gasteiger partial charge is 0.289 e. The van der Waals surface area contributed by atoms with E-state index in [2.05, 4.69) is 23.2 Å². The van der Waals surface area contributed by atoms with Gasteiger partial charge >= 0.3 is 0 Å². The van der Waals surface area contributed by atoms with Crippen LogP contribution in [0.3, 0.4) is 0 Å². The van der Waals surface area contributed by atoms with Crippen LogP contribution in [0.25, 0.3) is 0 Å². The van der Waals surface area contributed by atoms with E-state index in [-0.39, 0.29) is 11.3 Å². The highest BCUT2D eigenvalue weighted by atomic mass is 32.2. The molecule has 0 bridgehead atoms. The lowest BCUT2D eigenvalue weighted by atomic mass is 10.5. The van der Waals surface area contributed by atoms with E-state index in [0.29, 0.717) is 11.7 Å². The van der Waals surface area contributed by atoms with Crippen molar-refractivity contribution in [1.82, 2.24) is 10.3 Å². The van der Waals surface area contributed by atoms with Gasteiger partial charge in [-0.2, -0.15) is 5.10 Å². The molecule has 6 heteroatoms. The smallest absolute Gasteiger partial charge is 0.225 e. The Kier molecular flexibility index (Phi) is 3.86. The van der Waals surface area contributed by atoms with E-state index in [1.54, 1.807) is 34.1 Å². The number of thioether (sulfide) groups is 1. The van der Waals surface area contributed by atoms with Gasteiger partial charge in [-0.05, 0) is 11.4 Å². The summed E-state index contributed by atoms with van der Waals surface area (Å²) >= 11 is 3.23. The van der Waals surface area contributed by atoms with Crippen LogP contribution in [0.1, 0.15) is 17.2 Å². The minimum Gasteiger partial charge on any atom is -0.289 e. The molecule has 1 amide bonds. The Labute approximate surface area is 108 Å². The highest BCUT2D eigenvalue weighted by Crippen LogP contribution is 2.35. The van der Waals surface area contributed by atoms with Gasteiger partial charge in [0.05, 0.1) is 0 Å². The molecular weight excluding hydrogens is 254 g/mol. The quantitative estimate of drug-likeness (QED) is 0.855. The van der Waals surface area contributed by atoms with Gasteiger partial charge in [0.25, 0.3) is 0 Å². The average molecular weight is 267 g/mol. The lowest BCUT2D eigenvalue weighted by Crippen LogP contribution is -2.32. The number of hydrogen-bond donors (Lipinski definition) is 1. The molecule has 0 saturated carbocycles. The number of rotatable bonds is 3. The highest BCUT2D eigenvalue weighted by Gasteiger charge is 2.26. The van der Waals surface area contributed by atoms with E-state index in [4.69, 9.17) is 0 Å². The standard InChI is InChI=1S/C11H13N3OS2/c1-3-6-14(8(2)15)11-13-12-10(17-11)9-5-4-7-16-9/h3-5,7,10,12H,1,6H2,2H3. The van der Waals surface area contributed by atoms with Gasteiger partial charge in [-0.1, -0.05) is 23.9 Å². The van der Waals surface area contributed by atoms with Crippen LogP contribution in [-0.2, 0) is 4.79 Å². The third kappa shape index (κ3) is 2.70. The number of carbonyl (C=O) groups excluding carboxylic acids is 1. The Morgan fingerprint density at radius 2 is 2.59 bits per heavy atom. The summed E-state index contributed by atoms with van der Waals surface area (Å²) < 4.78 is 0. The summed E-state index contributed by atoms with van der Waals surface area (Å²) in [5.74, 6) is -0.0234. The lowest BCUT2D eigenvalue weighted by Gasteiger charge is -2.17. The van der Waals surface area contributed by atoms with Crippen LogP contribution in [-0.4, -0.2) is 22.5 Å². The second kappa shape index (κ2) is 5.37. The first-order chi connectivity index (χ1) is 8.22. The summed E-state index contributed by atoms with van der Waals surface area (Å²) in [6.07, 6.45) is 1.70. The van der Waals surface area contributed by atoms with Crippen LogP contribution >= 0.6 is 23.1 Å². The zero-order valence-corrected chi connectivity index (χ0v) is 11.1. The zero-order valence-electron chi connectivity index (χ0n) is 9.42. The van der Waals surface area contributed by atoms with Crippen molar-refractivity contribution in [3.8, 4) is 0 Å². The topological polar surface area (TPSA) is 44.7 Å². The van der Waals surface area contributed by atoms with Crippen LogP contribution < -0.4 is 5.43 Å². The van der Waals surface area contributed by atoms with Gasteiger partial charge in [0, 0.05) is 18.3 Å². The van der Waals surface area contributed by atoms with Crippen molar-refractivity contribution in [1.29, 1.82) is 0 Å². The number of thiophene rings is 1. The van der Waals surface area contributed by atoms with E-state index < -0.39 is 0 Å². The molecule has 2 rings (SSSR count). The second-order valence-electron chi connectivity index (χ2n) is 3.46. The Hall–Kier alpha value is -1.27. The monoisotopic (exact) mass is 267 g/mol. The average Bonchev–Trinajstić information content (AvgIpc) is 2.95. The van der Waals surface area contributed by atoms with E-state index in [0.717, 1.165) is 0 Å². The summed E-state index contributed by atoms with van der Waals surface area (Å²) in [4.78, 5) is 14.3. The van der Waals surface area contributed by atoms with E-state index in [9.17, 15) is 4.79 Å². The van der Waals surface area contributed by atoms with Crippen molar-refractivity contribution in [3.05, 3.63) is 35.0 Å². The molecule has 0 saturated heterocycles. The van der Waals surface area contributed by atoms with Crippen LogP contribution in [0.15, 0.2) is 35.3 Å². The van der Waals surface area contributed by atoms with E-state index in [1.807, 2.05) is 11.4 Å². The minimum absolute atomic E-state index is 0.0234. The van der Waals surface area contributed by atoms with Gasteiger partial charge in [-0.3, -0.25) is 15.1 Å².